The van der Waals surface area contributed by atoms with E-state index >= 15 is 0 Å². The lowest BCUT2D eigenvalue weighted by molar-refractivity contribution is 0.0993. The summed E-state index contributed by atoms with van der Waals surface area (Å²) in [6.45, 7) is 2.74. The van der Waals surface area contributed by atoms with E-state index < -0.39 is 0 Å². The van der Waals surface area contributed by atoms with Gasteiger partial charge in [-0.2, -0.15) is 0 Å². The van der Waals surface area contributed by atoms with Crippen LogP contribution in [0, 0.1) is 0 Å². The van der Waals surface area contributed by atoms with Crippen LogP contribution in [0.25, 0.3) is 0 Å². The van der Waals surface area contributed by atoms with Crippen LogP contribution in [0.3, 0.4) is 0 Å². The van der Waals surface area contributed by atoms with Gasteiger partial charge in [-0.05, 0) is 36.2 Å². The Morgan fingerprint density at radius 1 is 1.14 bits per heavy atom. The van der Waals surface area contributed by atoms with Crippen LogP contribution in [0.1, 0.15) is 29.3 Å². The Hall–Kier alpha value is -2.36. The van der Waals surface area contributed by atoms with Gasteiger partial charge in [-0.15, -0.1) is 0 Å². The SMILES string of the molecule is CCCOc1ccc(C(=O)Cc2ccc(OC)nc2)cc1. The average Bonchev–Trinajstić information content (AvgIpc) is 2.54. The predicted molar refractivity (Wildman–Crippen MR) is 81.1 cm³/mol. The van der Waals surface area contributed by atoms with Crippen LogP contribution in [-0.2, 0) is 6.42 Å². The Morgan fingerprint density at radius 3 is 2.48 bits per heavy atom. The number of carbonyl (C=O) groups is 1. The molecule has 0 unspecified atom stereocenters. The molecule has 0 aliphatic rings. The highest BCUT2D eigenvalue weighted by atomic mass is 16.5. The number of carbonyl (C=O) groups excluding carboxylic acids is 1. The molecule has 0 N–H and O–H groups in total. The van der Waals surface area contributed by atoms with E-state index in [9.17, 15) is 4.79 Å². The van der Waals surface area contributed by atoms with Crippen LogP contribution in [0.4, 0.5) is 0 Å². The molecule has 0 saturated carbocycles. The summed E-state index contributed by atoms with van der Waals surface area (Å²) in [5, 5.41) is 0. The number of hydrogen-bond donors (Lipinski definition) is 0. The zero-order valence-electron chi connectivity index (χ0n) is 12.3. The van der Waals surface area contributed by atoms with E-state index in [-0.39, 0.29) is 5.78 Å². The number of methoxy groups -OCH3 is 1. The molecule has 4 nitrogen and oxygen atoms in total. The first kappa shape index (κ1) is 15.0. The third-order valence-electron chi connectivity index (χ3n) is 3.02. The van der Waals surface area contributed by atoms with Crippen molar-refractivity contribution in [3.63, 3.8) is 0 Å². The fourth-order valence-electron chi connectivity index (χ4n) is 1.88. The van der Waals surface area contributed by atoms with Crippen molar-refractivity contribution in [2.45, 2.75) is 19.8 Å². The minimum Gasteiger partial charge on any atom is -0.494 e. The van der Waals surface area contributed by atoms with Gasteiger partial charge in [-0.25, -0.2) is 4.98 Å². The number of pyridine rings is 1. The van der Waals surface area contributed by atoms with E-state index in [0.29, 0.717) is 24.5 Å². The monoisotopic (exact) mass is 285 g/mol. The van der Waals surface area contributed by atoms with E-state index in [1.165, 1.54) is 0 Å². The Labute approximate surface area is 124 Å². The topological polar surface area (TPSA) is 48.4 Å². The van der Waals surface area contributed by atoms with Crippen molar-refractivity contribution in [1.82, 2.24) is 4.98 Å². The van der Waals surface area contributed by atoms with Crippen LogP contribution in [0.5, 0.6) is 11.6 Å². The van der Waals surface area contributed by atoms with Crippen LogP contribution >= 0.6 is 0 Å². The molecule has 0 bridgehead atoms. The smallest absolute Gasteiger partial charge is 0.212 e. The molecule has 0 aliphatic heterocycles. The Kier molecular flexibility index (Phi) is 5.32. The van der Waals surface area contributed by atoms with Gasteiger partial charge in [0, 0.05) is 24.2 Å². The van der Waals surface area contributed by atoms with Gasteiger partial charge in [0.05, 0.1) is 13.7 Å². The second kappa shape index (κ2) is 7.43. The second-order valence-electron chi connectivity index (χ2n) is 4.68. The summed E-state index contributed by atoms with van der Waals surface area (Å²) in [6, 6.07) is 10.9. The van der Waals surface area contributed by atoms with E-state index in [0.717, 1.165) is 17.7 Å². The maximum Gasteiger partial charge on any atom is 0.212 e. The van der Waals surface area contributed by atoms with E-state index in [2.05, 4.69) is 11.9 Å². The van der Waals surface area contributed by atoms with Gasteiger partial charge in [0.1, 0.15) is 5.75 Å². The first-order valence-corrected chi connectivity index (χ1v) is 6.98. The normalized spacial score (nSPS) is 10.2. The van der Waals surface area contributed by atoms with E-state index in [1.807, 2.05) is 18.2 Å². The van der Waals surface area contributed by atoms with E-state index in [4.69, 9.17) is 9.47 Å². The Morgan fingerprint density at radius 2 is 1.90 bits per heavy atom. The Bertz CT molecular complexity index is 576. The van der Waals surface area contributed by atoms with Gasteiger partial charge in [-0.3, -0.25) is 4.79 Å². The molecule has 1 aromatic carbocycles. The lowest BCUT2D eigenvalue weighted by Crippen LogP contribution is -2.04. The summed E-state index contributed by atoms with van der Waals surface area (Å²) in [7, 11) is 1.56. The fraction of sp³-hybridized carbons (Fsp3) is 0.294. The number of aromatic nitrogens is 1. The summed E-state index contributed by atoms with van der Waals surface area (Å²) in [5.74, 6) is 1.40. The lowest BCUT2D eigenvalue weighted by Gasteiger charge is -2.06. The fourth-order valence-corrected chi connectivity index (χ4v) is 1.88. The largest absolute Gasteiger partial charge is 0.494 e. The third-order valence-corrected chi connectivity index (χ3v) is 3.02. The standard InChI is InChI=1S/C17H19NO3/c1-3-10-21-15-7-5-14(6-8-15)16(19)11-13-4-9-17(20-2)18-12-13/h4-9,12H,3,10-11H2,1-2H3. The number of rotatable bonds is 7. The van der Waals surface area contributed by atoms with Gasteiger partial charge < -0.3 is 9.47 Å². The molecule has 0 spiro atoms. The number of Topliss-reactive ketones (excluding diaryl/α,β-unsaturated/α-hetero) is 1. The Balaban J connectivity index is 1.98. The van der Waals surface area contributed by atoms with Crippen molar-refractivity contribution in [3.8, 4) is 11.6 Å². The molecule has 0 radical (unpaired) electrons. The number of nitrogens with zero attached hydrogens (tertiary/aromatic N) is 1. The van der Waals surface area contributed by atoms with Gasteiger partial charge in [0.15, 0.2) is 5.78 Å². The maximum atomic E-state index is 12.2. The molecule has 1 aromatic heterocycles. The highest BCUT2D eigenvalue weighted by Crippen LogP contribution is 2.15. The highest BCUT2D eigenvalue weighted by molar-refractivity contribution is 5.97. The third kappa shape index (κ3) is 4.31. The van der Waals surface area contributed by atoms with Crippen molar-refractivity contribution >= 4 is 5.78 Å². The predicted octanol–water partition coefficient (Wildman–Crippen LogP) is 3.30. The van der Waals surface area contributed by atoms with Crippen LogP contribution < -0.4 is 9.47 Å². The minimum absolute atomic E-state index is 0.0593. The molecule has 0 saturated heterocycles. The lowest BCUT2D eigenvalue weighted by atomic mass is 10.0. The first-order chi connectivity index (χ1) is 10.2. The zero-order chi connectivity index (χ0) is 15.1. The number of hydrogen-bond acceptors (Lipinski definition) is 4. The maximum absolute atomic E-state index is 12.2. The van der Waals surface area contributed by atoms with E-state index in [1.54, 1.807) is 31.5 Å². The average molecular weight is 285 g/mol. The molecule has 1 heterocycles. The zero-order valence-corrected chi connectivity index (χ0v) is 12.3. The van der Waals surface area contributed by atoms with Gasteiger partial charge in [-0.1, -0.05) is 13.0 Å². The highest BCUT2D eigenvalue weighted by Gasteiger charge is 2.08. The molecule has 0 atom stereocenters. The molecule has 110 valence electrons. The molecule has 0 fully saturated rings. The van der Waals surface area contributed by atoms with Crippen LogP contribution in [0.2, 0.25) is 0 Å². The van der Waals surface area contributed by atoms with Crippen LogP contribution in [-0.4, -0.2) is 24.5 Å². The first-order valence-electron chi connectivity index (χ1n) is 6.98. The molecule has 4 heteroatoms. The second-order valence-corrected chi connectivity index (χ2v) is 4.68. The molecule has 2 rings (SSSR count). The number of ketones is 1. The summed E-state index contributed by atoms with van der Waals surface area (Å²) in [6.07, 6.45) is 2.95. The summed E-state index contributed by atoms with van der Waals surface area (Å²) in [4.78, 5) is 16.3. The van der Waals surface area contributed by atoms with Crippen molar-refractivity contribution in [2.24, 2.45) is 0 Å². The summed E-state index contributed by atoms with van der Waals surface area (Å²) in [5.41, 5.74) is 1.54. The molecule has 0 aliphatic carbocycles. The summed E-state index contributed by atoms with van der Waals surface area (Å²) >= 11 is 0. The van der Waals surface area contributed by atoms with Crippen LogP contribution in [0.15, 0.2) is 42.6 Å². The minimum atomic E-state index is 0.0593. The molecule has 0 amide bonds. The van der Waals surface area contributed by atoms with Crippen molar-refractivity contribution in [2.75, 3.05) is 13.7 Å². The van der Waals surface area contributed by atoms with Gasteiger partial charge >= 0.3 is 0 Å². The van der Waals surface area contributed by atoms with Crippen molar-refractivity contribution in [1.29, 1.82) is 0 Å². The summed E-state index contributed by atoms with van der Waals surface area (Å²) < 4.78 is 10.5. The number of ether oxygens (including phenoxy) is 2. The molecule has 21 heavy (non-hydrogen) atoms. The van der Waals surface area contributed by atoms with Crippen molar-refractivity contribution < 1.29 is 14.3 Å². The molecule has 2 aromatic rings. The molecular formula is C17H19NO3. The molecular weight excluding hydrogens is 266 g/mol. The van der Waals surface area contributed by atoms with Crippen molar-refractivity contribution in [3.05, 3.63) is 53.7 Å². The van der Waals surface area contributed by atoms with Gasteiger partial charge in [0.25, 0.3) is 0 Å². The quantitative estimate of drug-likeness (QED) is 0.732. The van der Waals surface area contributed by atoms with Gasteiger partial charge in [0.2, 0.25) is 5.88 Å². The number of benzene rings is 1.